The molecule has 3 heteroatoms. The summed E-state index contributed by atoms with van der Waals surface area (Å²) in [6, 6.07) is 11.0. The van der Waals surface area contributed by atoms with E-state index in [-0.39, 0.29) is 12.5 Å². The fraction of sp³-hybridized carbons (Fsp3) is 0.211. The Bertz CT molecular complexity index is 701. The molecule has 0 atom stereocenters. The number of rotatable bonds is 4. The number of terminal acetylenes is 1. The quantitative estimate of drug-likeness (QED) is 0.869. The summed E-state index contributed by atoms with van der Waals surface area (Å²) in [4.78, 5) is 12.3. The number of carbonyl (C=O) groups excluding carboxylic acids is 1. The predicted octanol–water partition coefficient (Wildman–Crippen LogP) is 3.88. The first-order valence-corrected chi connectivity index (χ1v) is 7.07. The van der Waals surface area contributed by atoms with Crippen LogP contribution in [0.5, 0.6) is 5.75 Å². The van der Waals surface area contributed by atoms with Crippen LogP contribution in [0.2, 0.25) is 0 Å². The van der Waals surface area contributed by atoms with Crippen LogP contribution >= 0.6 is 0 Å². The number of anilines is 1. The average molecular weight is 293 g/mol. The first-order chi connectivity index (χ1) is 10.5. The molecular weight excluding hydrogens is 274 g/mol. The zero-order chi connectivity index (χ0) is 16.1. The molecule has 1 N–H and O–H groups in total. The lowest BCUT2D eigenvalue weighted by atomic mass is 10.0. The molecule has 0 aliphatic rings. The summed E-state index contributed by atoms with van der Waals surface area (Å²) >= 11 is 0. The smallest absolute Gasteiger partial charge is 0.255 e. The lowest BCUT2D eigenvalue weighted by Gasteiger charge is -2.13. The normalized spacial score (nSPS) is 9.91. The van der Waals surface area contributed by atoms with Crippen LogP contribution in [0.25, 0.3) is 0 Å². The molecule has 2 aromatic carbocycles. The summed E-state index contributed by atoms with van der Waals surface area (Å²) in [6.45, 7) is 6.24. The van der Waals surface area contributed by atoms with Crippen molar-refractivity contribution in [3.8, 4) is 18.1 Å². The maximum Gasteiger partial charge on any atom is 0.255 e. The van der Waals surface area contributed by atoms with E-state index < -0.39 is 0 Å². The molecule has 0 unspecified atom stereocenters. The fourth-order valence-corrected chi connectivity index (χ4v) is 2.39. The van der Waals surface area contributed by atoms with Gasteiger partial charge in [-0.2, -0.15) is 0 Å². The summed E-state index contributed by atoms with van der Waals surface area (Å²) in [6.07, 6.45) is 5.14. The molecule has 0 heterocycles. The topological polar surface area (TPSA) is 38.3 Å². The van der Waals surface area contributed by atoms with E-state index in [4.69, 9.17) is 11.2 Å². The molecule has 0 bridgehead atoms. The highest BCUT2D eigenvalue weighted by atomic mass is 16.5. The highest BCUT2D eigenvalue weighted by molar-refractivity contribution is 6.05. The van der Waals surface area contributed by atoms with Gasteiger partial charge in [-0.15, -0.1) is 6.42 Å². The van der Waals surface area contributed by atoms with Crippen LogP contribution < -0.4 is 10.1 Å². The molecule has 0 aliphatic heterocycles. The van der Waals surface area contributed by atoms with Gasteiger partial charge in [-0.05, 0) is 56.2 Å². The molecule has 2 rings (SSSR count). The number of hydrogen-bond acceptors (Lipinski definition) is 2. The number of amides is 1. The van der Waals surface area contributed by atoms with Crippen molar-refractivity contribution < 1.29 is 9.53 Å². The van der Waals surface area contributed by atoms with Crippen LogP contribution in [0.15, 0.2) is 36.4 Å². The summed E-state index contributed by atoms with van der Waals surface area (Å²) < 4.78 is 5.29. The Kier molecular flexibility index (Phi) is 4.85. The average Bonchev–Trinajstić information content (AvgIpc) is 2.49. The summed E-state index contributed by atoms with van der Waals surface area (Å²) in [5.41, 5.74) is 4.73. The number of carbonyl (C=O) groups is 1. The van der Waals surface area contributed by atoms with Gasteiger partial charge in [0.1, 0.15) is 12.4 Å². The van der Waals surface area contributed by atoms with Crippen molar-refractivity contribution >= 4 is 11.6 Å². The van der Waals surface area contributed by atoms with Crippen LogP contribution in [0, 0.1) is 33.1 Å². The first-order valence-electron chi connectivity index (χ1n) is 7.07. The van der Waals surface area contributed by atoms with Crippen molar-refractivity contribution in [3.05, 3.63) is 58.7 Å². The van der Waals surface area contributed by atoms with Crippen LogP contribution in [0.3, 0.4) is 0 Å². The second kappa shape index (κ2) is 6.82. The Morgan fingerprint density at radius 2 is 1.73 bits per heavy atom. The standard InChI is InChI=1S/C19H19NO2/c1-5-10-22-17-8-6-16(7-9-17)19(21)20-18-14(3)11-13(2)12-15(18)4/h1,6-9,11-12H,10H2,2-4H3,(H,20,21). The summed E-state index contributed by atoms with van der Waals surface area (Å²) in [7, 11) is 0. The van der Waals surface area contributed by atoms with Gasteiger partial charge < -0.3 is 10.1 Å². The highest BCUT2D eigenvalue weighted by Gasteiger charge is 2.10. The minimum atomic E-state index is -0.140. The van der Waals surface area contributed by atoms with Gasteiger partial charge >= 0.3 is 0 Å². The first kappa shape index (κ1) is 15.7. The minimum Gasteiger partial charge on any atom is -0.481 e. The van der Waals surface area contributed by atoms with E-state index in [2.05, 4.69) is 23.4 Å². The van der Waals surface area contributed by atoms with Crippen LogP contribution in [0.4, 0.5) is 5.69 Å². The molecule has 0 saturated heterocycles. The van der Waals surface area contributed by atoms with E-state index in [1.54, 1.807) is 24.3 Å². The maximum absolute atomic E-state index is 12.3. The third-order valence-corrected chi connectivity index (χ3v) is 3.35. The van der Waals surface area contributed by atoms with Crippen LogP contribution in [-0.2, 0) is 0 Å². The van der Waals surface area contributed by atoms with Crippen molar-refractivity contribution in [2.45, 2.75) is 20.8 Å². The Balaban J connectivity index is 2.14. The highest BCUT2D eigenvalue weighted by Crippen LogP contribution is 2.23. The van der Waals surface area contributed by atoms with Crippen molar-refractivity contribution in [1.29, 1.82) is 0 Å². The molecule has 0 aliphatic carbocycles. The van der Waals surface area contributed by atoms with E-state index in [0.29, 0.717) is 11.3 Å². The Morgan fingerprint density at radius 1 is 1.14 bits per heavy atom. The molecule has 0 spiro atoms. The molecule has 0 radical (unpaired) electrons. The Hall–Kier alpha value is -2.73. The number of ether oxygens (including phenoxy) is 1. The van der Waals surface area contributed by atoms with Gasteiger partial charge in [0, 0.05) is 11.3 Å². The van der Waals surface area contributed by atoms with Gasteiger partial charge in [-0.3, -0.25) is 4.79 Å². The van der Waals surface area contributed by atoms with Gasteiger partial charge in [-0.25, -0.2) is 0 Å². The van der Waals surface area contributed by atoms with Crippen LogP contribution in [0.1, 0.15) is 27.0 Å². The van der Waals surface area contributed by atoms with E-state index >= 15 is 0 Å². The molecule has 0 saturated carbocycles. The largest absolute Gasteiger partial charge is 0.481 e. The lowest BCUT2D eigenvalue weighted by molar-refractivity contribution is 0.102. The van der Waals surface area contributed by atoms with E-state index in [1.165, 1.54) is 5.56 Å². The second-order valence-corrected chi connectivity index (χ2v) is 5.25. The van der Waals surface area contributed by atoms with E-state index in [1.807, 2.05) is 20.8 Å². The monoisotopic (exact) mass is 293 g/mol. The van der Waals surface area contributed by atoms with Gasteiger partial charge in [0.2, 0.25) is 0 Å². The Morgan fingerprint density at radius 3 is 2.27 bits per heavy atom. The zero-order valence-electron chi connectivity index (χ0n) is 13.1. The predicted molar refractivity (Wildman–Crippen MR) is 89.4 cm³/mol. The van der Waals surface area contributed by atoms with Crippen molar-refractivity contribution in [2.24, 2.45) is 0 Å². The molecule has 3 nitrogen and oxygen atoms in total. The Labute approximate surface area is 131 Å². The molecule has 1 amide bonds. The third kappa shape index (κ3) is 3.67. The molecule has 22 heavy (non-hydrogen) atoms. The van der Waals surface area contributed by atoms with Crippen LogP contribution in [-0.4, -0.2) is 12.5 Å². The van der Waals surface area contributed by atoms with Gasteiger partial charge in [0.05, 0.1) is 0 Å². The van der Waals surface area contributed by atoms with E-state index in [0.717, 1.165) is 16.8 Å². The number of hydrogen-bond donors (Lipinski definition) is 1. The fourth-order valence-electron chi connectivity index (χ4n) is 2.39. The summed E-state index contributed by atoms with van der Waals surface area (Å²) in [5, 5.41) is 2.97. The van der Waals surface area contributed by atoms with Crippen molar-refractivity contribution in [1.82, 2.24) is 0 Å². The van der Waals surface area contributed by atoms with Gasteiger partial charge in [0.15, 0.2) is 0 Å². The molecule has 112 valence electrons. The SMILES string of the molecule is C#CCOc1ccc(C(=O)Nc2c(C)cc(C)cc2C)cc1. The third-order valence-electron chi connectivity index (χ3n) is 3.35. The molecular formula is C19H19NO2. The second-order valence-electron chi connectivity index (χ2n) is 5.25. The molecule has 0 fully saturated rings. The molecule has 0 aromatic heterocycles. The minimum absolute atomic E-state index is 0.140. The van der Waals surface area contributed by atoms with Gasteiger partial charge in [-0.1, -0.05) is 23.6 Å². The summed E-state index contributed by atoms with van der Waals surface area (Å²) in [5.74, 6) is 2.91. The lowest BCUT2D eigenvalue weighted by Crippen LogP contribution is -2.14. The van der Waals surface area contributed by atoms with Crippen molar-refractivity contribution in [3.63, 3.8) is 0 Å². The number of nitrogens with one attached hydrogen (secondary N) is 1. The van der Waals surface area contributed by atoms with Gasteiger partial charge in [0.25, 0.3) is 5.91 Å². The van der Waals surface area contributed by atoms with Crippen molar-refractivity contribution in [2.75, 3.05) is 11.9 Å². The number of aryl methyl sites for hydroxylation is 3. The number of benzene rings is 2. The van der Waals surface area contributed by atoms with E-state index in [9.17, 15) is 4.79 Å². The zero-order valence-corrected chi connectivity index (χ0v) is 13.1. The molecule has 2 aromatic rings. The maximum atomic E-state index is 12.3.